The fraction of sp³-hybridized carbons (Fsp3) is 0.182. The Morgan fingerprint density at radius 2 is 1.66 bits per heavy atom. The van der Waals surface area contributed by atoms with Gasteiger partial charge in [0, 0.05) is 22.9 Å². The molecule has 0 unspecified atom stereocenters. The molecule has 0 bridgehead atoms. The second-order valence-electron chi connectivity index (χ2n) is 7.14. The topological polar surface area (TPSA) is 50.2 Å². The average molecular weight is 397 g/mol. The Balaban J connectivity index is 1.99. The van der Waals surface area contributed by atoms with E-state index in [1.807, 2.05) is 44.2 Å². The summed E-state index contributed by atoms with van der Waals surface area (Å²) in [4.78, 5) is 17.3. The largest absolute Gasteiger partial charge is 0.416 e. The Bertz CT molecular complexity index is 1240. The van der Waals surface area contributed by atoms with Gasteiger partial charge < -0.3 is 0 Å². The molecule has 0 saturated carbocycles. The summed E-state index contributed by atoms with van der Waals surface area (Å²) in [6.45, 7) is 3.99. The highest BCUT2D eigenvalue weighted by Crippen LogP contribution is 2.34. The van der Waals surface area contributed by atoms with Crippen molar-refractivity contribution in [3.05, 3.63) is 82.3 Å². The summed E-state index contributed by atoms with van der Waals surface area (Å²) in [5, 5.41) is 3.11. The quantitative estimate of drug-likeness (QED) is 0.496. The van der Waals surface area contributed by atoms with Crippen molar-refractivity contribution in [2.75, 3.05) is 0 Å². The van der Waals surface area contributed by atoms with Crippen LogP contribution in [0.25, 0.3) is 28.0 Å². The molecule has 4 aromatic rings. The lowest BCUT2D eigenvalue weighted by Crippen LogP contribution is -2.14. The molecule has 0 atom stereocenters. The first-order valence-electron chi connectivity index (χ1n) is 9.14. The van der Waals surface area contributed by atoms with Crippen molar-refractivity contribution in [2.45, 2.75) is 25.9 Å². The predicted octanol–water partition coefficient (Wildman–Crippen LogP) is 5.50. The predicted molar refractivity (Wildman–Crippen MR) is 106 cm³/mol. The average Bonchev–Trinajstić information content (AvgIpc) is 3.08. The Morgan fingerprint density at radius 3 is 2.31 bits per heavy atom. The van der Waals surface area contributed by atoms with Crippen molar-refractivity contribution in [1.29, 1.82) is 0 Å². The normalized spacial score (nSPS) is 12.1. The first kappa shape index (κ1) is 19.0. The van der Waals surface area contributed by atoms with Gasteiger partial charge in [0.2, 0.25) is 0 Å². The highest BCUT2D eigenvalue weighted by molar-refractivity contribution is 5.81. The summed E-state index contributed by atoms with van der Waals surface area (Å²) in [6.07, 6.45) is -4.47. The van der Waals surface area contributed by atoms with Gasteiger partial charge in [-0.15, -0.1) is 0 Å². The van der Waals surface area contributed by atoms with Gasteiger partial charge in [-0.05, 0) is 23.6 Å². The number of aromatic amines is 1. The third kappa shape index (κ3) is 3.44. The molecule has 0 amide bonds. The minimum absolute atomic E-state index is 0.0864. The van der Waals surface area contributed by atoms with Crippen LogP contribution < -0.4 is 5.56 Å². The molecule has 1 N–H and O–H groups in total. The van der Waals surface area contributed by atoms with E-state index in [-0.39, 0.29) is 22.7 Å². The SMILES string of the molecule is CC(C)c1[nH]n2c(=O)cc(-c3cccc(C(F)(F)F)c3)nc2c1-c1ccccc1. The van der Waals surface area contributed by atoms with Crippen LogP contribution >= 0.6 is 0 Å². The van der Waals surface area contributed by atoms with Crippen LogP contribution in [0.4, 0.5) is 13.2 Å². The van der Waals surface area contributed by atoms with Crippen molar-refractivity contribution < 1.29 is 13.2 Å². The van der Waals surface area contributed by atoms with Crippen LogP contribution in [0.1, 0.15) is 31.0 Å². The number of benzene rings is 2. The minimum atomic E-state index is -4.47. The molecule has 148 valence electrons. The molecule has 0 aliphatic rings. The molecular formula is C22H18F3N3O. The molecule has 0 radical (unpaired) electrons. The maximum atomic E-state index is 13.1. The van der Waals surface area contributed by atoms with Gasteiger partial charge >= 0.3 is 6.18 Å². The standard InChI is InChI=1S/C22H18F3N3O/c1-13(2)20-19(14-7-4-3-5-8-14)21-26-17(12-18(29)28(21)27-20)15-9-6-10-16(11-15)22(23,24)25/h3-13,27H,1-2H3. The van der Waals surface area contributed by atoms with E-state index >= 15 is 0 Å². The number of aromatic nitrogens is 3. The van der Waals surface area contributed by atoms with E-state index in [4.69, 9.17) is 0 Å². The third-order valence-corrected chi connectivity index (χ3v) is 4.77. The third-order valence-electron chi connectivity index (χ3n) is 4.77. The van der Waals surface area contributed by atoms with Gasteiger partial charge in [0.25, 0.3) is 5.56 Å². The number of halogens is 3. The van der Waals surface area contributed by atoms with Crippen LogP contribution in [0.2, 0.25) is 0 Å². The van der Waals surface area contributed by atoms with Gasteiger partial charge in [0.15, 0.2) is 5.65 Å². The lowest BCUT2D eigenvalue weighted by atomic mass is 9.99. The summed E-state index contributed by atoms with van der Waals surface area (Å²) in [5.74, 6) is 0.0864. The number of rotatable bonds is 3. The molecule has 0 aliphatic carbocycles. The summed E-state index contributed by atoms with van der Waals surface area (Å²) in [7, 11) is 0. The molecule has 7 heteroatoms. The number of nitrogens with zero attached hydrogens (tertiary/aromatic N) is 2. The van der Waals surface area contributed by atoms with Crippen LogP contribution in [0, 0.1) is 0 Å². The summed E-state index contributed by atoms with van der Waals surface area (Å²) < 4.78 is 40.6. The molecule has 0 spiro atoms. The second kappa shape index (κ2) is 6.92. The first-order valence-corrected chi connectivity index (χ1v) is 9.14. The fourth-order valence-electron chi connectivity index (χ4n) is 3.36. The Morgan fingerprint density at radius 1 is 0.966 bits per heavy atom. The Labute approximate surface area is 164 Å². The molecule has 29 heavy (non-hydrogen) atoms. The van der Waals surface area contributed by atoms with E-state index in [0.717, 1.165) is 29.0 Å². The number of nitrogens with one attached hydrogen (secondary N) is 1. The molecule has 2 aromatic carbocycles. The molecule has 0 aliphatic heterocycles. The van der Waals surface area contributed by atoms with E-state index in [9.17, 15) is 18.0 Å². The fourth-order valence-corrected chi connectivity index (χ4v) is 3.36. The first-order chi connectivity index (χ1) is 13.8. The number of H-pyrrole nitrogens is 1. The molecule has 2 aromatic heterocycles. The molecule has 4 nitrogen and oxygen atoms in total. The number of hydrogen-bond acceptors (Lipinski definition) is 2. The van der Waals surface area contributed by atoms with Gasteiger partial charge in [0.1, 0.15) is 0 Å². The molecular weight excluding hydrogens is 379 g/mol. The van der Waals surface area contributed by atoms with E-state index in [1.54, 1.807) is 0 Å². The maximum absolute atomic E-state index is 13.1. The van der Waals surface area contributed by atoms with Gasteiger partial charge in [-0.3, -0.25) is 9.89 Å². The van der Waals surface area contributed by atoms with E-state index in [2.05, 4.69) is 10.1 Å². The van der Waals surface area contributed by atoms with Crippen molar-refractivity contribution in [2.24, 2.45) is 0 Å². The van der Waals surface area contributed by atoms with Crippen LogP contribution in [0.5, 0.6) is 0 Å². The van der Waals surface area contributed by atoms with Crippen LogP contribution in [-0.2, 0) is 6.18 Å². The van der Waals surface area contributed by atoms with Crippen molar-refractivity contribution in [3.63, 3.8) is 0 Å². The monoisotopic (exact) mass is 397 g/mol. The minimum Gasteiger partial charge on any atom is -0.293 e. The lowest BCUT2D eigenvalue weighted by molar-refractivity contribution is -0.137. The van der Waals surface area contributed by atoms with Crippen molar-refractivity contribution >= 4 is 5.65 Å². The Kier molecular flexibility index (Phi) is 4.53. The number of fused-ring (bicyclic) bond motifs is 1. The van der Waals surface area contributed by atoms with Crippen LogP contribution in [-0.4, -0.2) is 14.6 Å². The second-order valence-corrected chi connectivity index (χ2v) is 7.14. The zero-order valence-electron chi connectivity index (χ0n) is 15.8. The van der Waals surface area contributed by atoms with Crippen molar-refractivity contribution in [1.82, 2.24) is 14.6 Å². The molecule has 0 saturated heterocycles. The Hall–Kier alpha value is -3.35. The number of alkyl halides is 3. The lowest BCUT2D eigenvalue weighted by Gasteiger charge is -2.09. The summed E-state index contributed by atoms with van der Waals surface area (Å²) >= 11 is 0. The van der Waals surface area contributed by atoms with Crippen molar-refractivity contribution in [3.8, 4) is 22.4 Å². The van der Waals surface area contributed by atoms with Gasteiger partial charge in [-0.25, -0.2) is 9.50 Å². The van der Waals surface area contributed by atoms with Crippen LogP contribution in [0.15, 0.2) is 65.5 Å². The highest BCUT2D eigenvalue weighted by atomic mass is 19.4. The highest BCUT2D eigenvalue weighted by Gasteiger charge is 2.30. The molecule has 0 fully saturated rings. The maximum Gasteiger partial charge on any atom is 0.416 e. The summed E-state index contributed by atoms with van der Waals surface area (Å²) in [5.41, 5.74) is 2.15. The van der Waals surface area contributed by atoms with Gasteiger partial charge in [0.05, 0.1) is 11.3 Å². The van der Waals surface area contributed by atoms with E-state index in [0.29, 0.717) is 5.65 Å². The molecule has 4 rings (SSSR count). The van der Waals surface area contributed by atoms with Gasteiger partial charge in [-0.1, -0.05) is 56.3 Å². The van der Waals surface area contributed by atoms with E-state index < -0.39 is 11.7 Å². The molecule has 2 heterocycles. The van der Waals surface area contributed by atoms with Crippen LogP contribution in [0.3, 0.4) is 0 Å². The zero-order valence-corrected chi connectivity index (χ0v) is 15.8. The van der Waals surface area contributed by atoms with Gasteiger partial charge in [-0.2, -0.15) is 13.2 Å². The zero-order chi connectivity index (χ0) is 20.8. The summed E-state index contributed by atoms with van der Waals surface area (Å²) in [6, 6.07) is 15.6. The number of hydrogen-bond donors (Lipinski definition) is 1. The smallest absolute Gasteiger partial charge is 0.293 e. The van der Waals surface area contributed by atoms with E-state index in [1.165, 1.54) is 22.7 Å².